The van der Waals surface area contributed by atoms with Crippen molar-refractivity contribution >= 4 is 36.9 Å². The van der Waals surface area contributed by atoms with Gasteiger partial charge >= 0.3 is 5.69 Å². The molecule has 0 aliphatic rings. The molecular formula is C25H25BrFN3O5S. The van der Waals surface area contributed by atoms with Gasteiger partial charge in [0, 0.05) is 22.5 Å². The van der Waals surface area contributed by atoms with Crippen LogP contribution >= 0.6 is 15.9 Å². The molecule has 0 aliphatic carbocycles. The topological polar surface area (TPSA) is 92.4 Å². The highest BCUT2D eigenvalue weighted by Gasteiger charge is 2.27. The van der Waals surface area contributed by atoms with Crippen LogP contribution < -0.4 is 15.2 Å². The molecule has 11 heteroatoms. The van der Waals surface area contributed by atoms with Crippen LogP contribution in [0.1, 0.15) is 24.1 Å². The summed E-state index contributed by atoms with van der Waals surface area (Å²) < 4.78 is 53.9. The van der Waals surface area contributed by atoms with E-state index in [1.807, 2.05) is 6.92 Å². The van der Waals surface area contributed by atoms with Gasteiger partial charge in [-0.05, 0) is 52.7 Å². The molecule has 2 aromatic heterocycles. The van der Waals surface area contributed by atoms with Gasteiger partial charge in [0.2, 0.25) is 0 Å². The summed E-state index contributed by atoms with van der Waals surface area (Å²) >= 11 is 3.39. The van der Waals surface area contributed by atoms with Gasteiger partial charge in [-0.25, -0.2) is 22.6 Å². The Bertz CT molecular complexity index is 1580. The molecular weight excluding hydrogens is 553 g/mol. The molecule has 8 nitrogen and oxygen atoms in total. The van der Waals surface area contributed by atoms with Crippen LogP contribution in [0, 0.1) is 5.82 Å². The molecule has 0 spiro atoms. The first-order chi connectivity index (χ1) is 17.1. The Kier molecular flexibility index (Phi) is 7.51. The molecule has 0 saturated heterocycles. The Labute approximate surface area is 216 Å². The van der Waals surface area contributed by atoms with Crippen LogP contribution in [0.25, 0.3) is 11.2 Å². The second kappa shape index (κ2) is 10.4. The van der Waals surface area contributed by atoms with E-state index in [1.165, 1.54) is 28.5 Å². The first kappa shape index (κ1) is 25.9. The fourth-order valence-electron chi connectivity index (χ4n) is 4.14. The fraction of sp³-hybridized carbons (Fsp3) is 0.280. The van der Waals surface area contributed by atoms with E-state index in [4.69, 9.17) is 9.47 Å². The van der Waals surface area contributed by atoms with E-state index in [0.717, 1.165) is 6.26 Å². The molecule has 4 aromatic rings. The summed E-state index contributed by atoms with van der Waals surface area (Å²) in [6, 6.07) is 12.0. The van der Waals surface area contributed by atoms with Gasteiger partial charge < -0.3 is 9.47 Å². The fourth-order valence-corrected chi connectivity index (χ4v) is 5.37. The molecule has 36 heavy (non-hydrogen) atoms. The lowest BCUT2D eigenvalue weighted by atomic mass is 10.1. The minimum atomic E-state index is -3.55. The maximum Gasteiger partial charge on any atom is 0.331 e. The average molecular weight is 578 g/mol. The van der Waals surface area contributed by atoms with Crippen molar-refractivity contribution in [1.29, 1.82) is 0 Å². The number of pyridine rings is 1. The lowest BCUT2D eigenvalue weighted by molar-refractivity contribution is 0.310. The average Bonchev–Trinajstić information content (AvgIpc) is 3.09. The van der Waals surface area contributed by atoms with Crippen molar-refractivity contribution in [3.63, 3.8) is 0 Å². The van der Waals surface area contributed by atoms with Gasteiger partial charge in [0.1, 0.15) is 15.7 Å². The Morgan fingerprint density at radius 2 is 1.89 bits per heavy atom. The molecule has 2 heterocycles. The minimum absolute atomic E-state index is 0.0501. The number of fused-ring (bicyclic) bond motifs is 1. The Hall–Kier alpha value is -3.18. The van der Waals surface area contributed by atoms with E-state index < -0.39 is 27.4 Å². The van der Waals surface area contributed by atoms with Crippen LogP contribution in [0.15, 0.2) is 64.0 Å². The Balaban J connectivity index is 1.98. The van der Waals surface area contributed by atoms with Crippen molar-refractivity contribution in [2.24, 2.45) is 0 Å². The van der Waals surface area contributed by atoms with Gasteiger partial charge in [-0.1, -0.05) is 24.3 Å². The Morgan fingerprint density at radius 3 is 2.56 bits per heavy atom. The first-order valence-corrected chi connectivity index (χ1v) is 14.0. The van der Waals surface area contributed by atoms with Gasteiger partial charge in [0.25, 0.3) is 0 Å². The quantitative estimate of drug-likeness (QED) is 0.296. The van der Waals surface area contributed by atoms with Gasteiger partial charge in [0.05, 0.1) is 37.6 Å². The van der Waals surface area contributed by atoms with Crippen LogP contribution in [0.5, 0.6) is 11.5 Å². The second-order valence-electron chi connectivity index (χ2n) is 8.28. The molecule has 0 N–H and O–H groups in total. The van der Waals surface area contributed by atoms with E-state index in [1.54, 1.807) is 42.5 Å². The number of benzene rings is 2. The third kappa shape index (κ3) is 5.31. The zero-order valence-electron chi connectivity index (χ0n) is 19.9. The molecule has 1 atom stereocenters. The van der Waals surface area contributed by atoms with Crippen molar-refractivity contribution in [3.8, 4) is 11.5 Å². The number of imidazole rings is 1. The summed E-state index contributed by atoms with van der Waals surface area (Å²) in [4.78, 5) is 18.3. The zero-order valence-corrected chi connectivity index (χ0v) is 22.3. The van der Waals surface area contributed by atoms with E-state index in [-0.39, 0.29) is 17.9 Å². The molecule has 0 radical (unpaired) electrons. The zero-order chi connectivity index (χ0) is 26.0. The molecule has 0 bridgehead atoms. The third-order valence-electron chi connectivity index (χ3n) is 5.70. The number of sulfone groups is 1. The normalized spacial score (nSPS) is 12.6. The molecule has 0 fully saturated rings. The summed E-state index contributed by atoms with van der Waals surface area (Å²) in [5.41, 5.74) is 1.06. The molecule has 0 unspecified atom stereocenters. The van der Waals surface area contributed by atoms with E-state index >= 15 is 0 Å². The number of halogens is 2. The van der Waals surface area contributed by atoms with Gasteiger partial charge in [-0.15, -0.1) is 0 Å². The molecule has 4 rings (SSSR count). The maximum absolute atomic E-state index is 14.5. The lowest BCUT2D eigenvalue weighted by Crippen LogP contribution is -2.32. The summed E-state index contributed by atoms with van der Waals surface area (Å²) in [6.45, 7) is 2.14. The predicted octanol–water partition coefficient (Wildman–Crippen LogP) is 4.19. The molecule has 0 aliphatic heterocycles. The third-order valence-corrected chi connectivity index (χ3v) is 7.06. The lowest BCUT2D eigenvalue weighted by Gasteiger charge is -2.20. The van der Waals surface area contributed by atoms with Crippen molar-refractivity contribution < 1.29 is 22.3 Å². The van der Waals surface area contributed by atoms with E-state index in [2.05, 4.69) is 20.9 Å². The number of methoxy groups -OCH3 is 1. The van der Waals surface area contributed by atoms with Gasteiger partial charge in [-0.3, -0.25) is 9.13 Å². The molecule has 190 valence electrons. The largest absolute Gasteiger partial charge is 0.493 e. The number of ether oxygens (including phenoxy) is 2. The van der Waals surface area contributed by atoms with Crippen molar-refractivity contribution in [3.05, 3.63) is 86.6 Å². The molecule has 0 saturated carbocycles. The monoisotopic (exact) mass is 577 g/mol. The number of rotatable bonds is 9. The second-order valence-corrected chi connectivity index (χ2v) is 11.4. The summed E-state index contributed by atoms with van der Waals surface area (Å²) in [5, 5.41) is 0. The van der Waals surface area contributed by atoms with Crippen molar-refractivity contribution in [2.75, 3.05) is 25.7 Å². The summed E-state index contributed by atoms with van der Waals surface area (Å²) in [5.74, 6) is 0.101. The molecule has 0 amide bonds. The highest BCUT2D eigenvalue weighted by Crippen LogP contribution is 2.33. The van der Waals surface area contributed by atoms with Crippen molar-refractivity contribution in [2.45, 2.75) is 19.5 Å². The standard InChI is InChI=1S/C25H25BrFN3O5S/c1-4-35-23-11-16(9-10-22(23)34-2)21(15-36(3,32)33)30-24-20(12-18(26)13-28-24)29(25(30)31)14-17-7-5-6-8-19(17)27/h5-13,21H,4,14-15H2,1-3H3/t21-/m1/s1. The van der Waals surface area contributed by atoms with Crippen LogP contribution in [0.2, 0.25) is 0 Å². The van der Waals surface area contributed by atoms with Crippen LogP contribution in [-0.2, 0) is 16.4 Å². The minimum Gasteiger partial charge on any atom is -0.493 e. The number of hydrogen-bond acceptors (Lipinski definition) is 6. The van der Waals surface area contributed by atoms with Crippen LogP contribution in [-0.4, -0.2) is 48.3 Å². The van der Waals surface area contributed by atoms with Gasteiger partial charge in [0.15, 0.2) is 17.1 Å². The predicted molar refractivity (Wildman–Crippen MR) is 139 cm³/mol. The smallest absolute Gasteiger partial charge is 0.331 e. The Morgan fingerprint density at radius 1 is 1.14 bits per heavy atom. The van der Waals surface area contributed by atoms with E-state index in [0.29, 0.717) is 39.2 Å². The highest BCUT2D eigenvalue weighted by molar-refractivity contribution is 9.10. The highest BCUT2D eigenvalue weighted by atomic mass is 79.9. The van der Waals surface area contributed by atoms with Crippen LogP contribution in [0.3, 0.4) is 0 Å². The van der Waals surface area contributed by atoms with E-state index in [9.17, 15) is 17.6 Å². The summed E-state index contributed by atoms with van der Waals surface area (Å²) in [6.07, 6.45) is 2.64. The first-order valence-electron chi connectivity index (χ1n) is 11.1. The SMILES string of the molecule is CCOc1cc([C@@H](CS(C)(=O)=O)n2c(=O)n(Cc3ccccc3F)c3cc(Br)cnc32)ccc1OC. The van der Waals surface area contributed by atoms with Crippen LogP contribution in [0.4, 0.5) is 4.39 Å². The van der Waals surface area contributed by atoms with Crippen molar-refractivity contribution in [1.82, 2.24) is 14.1 Å². The molecule has 2 aromatic carbocycles. The number of aromatic nitrogens is 3. The summed E-state index contributed by atoms with van der Waals surface area (Å²) in [7, 11) is -2.04. The van der Waals surface area contributed by atoms with Gasteiger partial charge in [-0.2, -0.15) is 0 Å². The number of nitrogens with zero attached hydrogens (tertiary/aromatic N) is 3. The number of hydrogen-bond donors (Lipinski definition) is 0. The maximum atomic E-state index is 14.5.